The molecule has 3 N–H and O–H groups in total. The Morgan fingerprint density at radius 2 is 2.29 bits per heavy atom. The van der Waals surface area contributed by atoms with E-state index in [1.165, 1.54) is 6.07 Å². The average molecular weight is 256 g/mol. The normalized spacial score (nSPS) is 10.4. The quantitative estimate of drug-likeness (QED) is 0.806. The molecule has 0 aliphatic heterocycles. The molecule has 0 fully saturated rings. The lowest BCUT2D eigenvalue weighted by atomic mass is 10.3. The predicted octanol–water partition coefficient (Wildman–Crippen LogP) is 1.37. The summed E-state index contributed by atoms with van der Waals surface area (Å²) in [6.07, 6.45) is 0. The third kappa shape index (κ3) is 1.44. The van der Waals surface area contributed by atoms with Crippen molar-refractivity contribution < 1.29 is 4.52 Å². The maximum absolute atomic E-state index is 11.0. The molecule has 2 aromatic heterocycles. The minimum Gasteiger partial charge on any atom is -0.380 e. The van der Waals surface area contributed by atoms with Gasteiger partial charge in [0.15, 0.2) is 11.6 Å². The second-order valence-corrected chi connectivity index (χ2v) is 3.43. The summed E-state index contributed by atoms with van der Waals surface area (Å²) in [5, 5.41) is 3.56. The van der Waals surface area contributed by atoms with Gasteiger partial charge in [-0.25, -0.2) is 0 Å². The van der Waals surface area contributed by atoms with Crippen LogP contribution in [-0.2, 0) is 0 Å². The molecule has 0 bridgehead atoms. The molecular weight excluding hydrogens is 250 g/mol. The zero-order valence-electron chi connectivity index (χ0n) is 6.95. The Kier molecular flexibility index (Phi) is 2.12. The van der Waals surface area contributed by atoms with Crippen LogP contribution in [0.4, 0.5) is 5.82 Å². The van der Waals surface area contributed by atoms with E-state index in [0.29, 0.717) is 15.9 Å². The number of rotatable bonds is 1. The Balaban J connectivity index is 2.60. The number of hydrogen-bond acceptors (Lipinski definition) is 4. The number of aromatic amines is 1. The maximum Gasteiger partial charge on any atom is 0.248 e. The van der Waals surface area contributed by atoms with Crippen molar-refractivity contribution in [2.75, 3.05) is 5.73 Å². The van der Waals surface area contributed by atoms with E-state index in [4.69, 9.17) is 10.3 Å². The molecule has 0 aliphatic carbocycles. The zero-order chi connectivity index (χ0) is 10.1. The Labute approximate surface area is 87.0 Å². The number of anilines is 1. The van der Waals surface area contributed by atoms with Gasteiger partial charge in [0.2, 0.25) is 5.56 Å². The van der Waals surface area contributed by atoms with Crippen LogP contribution in [-0.4, -0.2) is 10.1 Å². The second kappa shape index (κ2) is 3.30. The summed E-state index contributed by atoms with van der Waals surface area (Å²) in [4.78, 5) is 13.6. The molecule has 0 unspecified atom stereocenters. The zero-order valence-corrected chi connectivity index (χ0v) is 8.54. The van der Waals surface area contributed by atoms with Crippen LogP contribution in [0.1, 0.15) is 0 Å². The van der Waals surface area contributed by atoms with Crippen LogP contribution in [0.3, 0.4) is 0 Å². The van der Waals surface area contributed by atoms with Gasteiger partial charge in [-0.3, -0.25) is 4.79 Å². The first-order valence-corrected chi connectivity index (χ1v) is 4.58. The lowest BCUT2D eigenvalue weighted by Gasteiger charge is -1.94. The summed E-state index contributed by atoms with van der Waals surface area (Å²) in [6.45, 7) is 0. The molecule has 0 amide bonds. The summed E-state index contributed by atoms with van der Waals surface area (Å²) in [5.41, 5.74) is 5.80. The maximum atomic E-state index is 11.0. The fourth-order valence-corrected chi connectivity index (χ4v) is 1.40. The van der Waals surface area contributed by atoms with Gasteiger partial charge in [-0.2, -0.15) is 0 Å². The standard InChI is InChI=1S/C8H6BrN3O2/c9-6-7(14-12-8(6)10)4-2-1-3-5(13)11-4/h1-3H,(H2,10,12)(H,11,13). The van der Waals surface area contributed by atoms with Gasteiger partial charge >= 0.3 is 0 Å². The highest BCUT2D eigenvalue weighted by atomic mass is 79.9. The number of halogens is 1. The molecule has 0 saturated heterocycles. The highest BCUT2D eigenvalue weighted by Crippen LogP contribution is 2.30. The summed E-state index contributed by atoms with van der Waals surface area (Å²) < 4.78 is 5.49. The summed E-state index contributed by atoms with van der Waals surface area (Å²) in [7, 11) is 0. The molecule has 72 valence electrons. The number of nitrogens with one attached hydrogen (secondary N) is 1. The van der Waals surface area contributed by atoms with Crippen LogP contribution in [0.5, 0.6) is 0 Å². The van der Waals surface area contributed by atoms with E-state index in [1.807, 2.05) is 0 Å². The van der Waals surface area contributed by atoms with Crippen LogP contribution in [0.2, 0.25) is 0 Å². The average Bonchev–Trinajstić information content (AvgIpc) is 2.48. The van der Waals surface area contributed by atoms with E-state index in [0.717, 1.165) is 0 Å². The van der Waals surface area contributed by atoms with Crippen LogP contribution >= 0.6 is 15.9 Å². The minimum absolute atomic E-state index is 0.204. The van der Waals surface area contributed by atoms with E-state index < -0.39 is 0 Å². The third-order valence-corrected chi connectivity index (χ3v) is 2.44. The minimum atomic E-state index is -0.204. The Bertz CT molecular complexity index is 517. The molecular formula is C8H6BrN3O2. The first-order chi connectivity index (χ1) is 6.68. The molecule has 0 aromatic carbocycles. The van der Waals surface area contributed by atoms with Gasteiger partial charge in [-0.1, -0.05) is 11.2 Å². The Morgan fingerprint density at radius 3 is 2.86 bits per heavy atom. The fourth-order valence-electron chi connectivity index (χ4n) is 1.04. The number of H-pyrrole nitrogens is 1. The highest BCUT2D eigenvalue weighted by molar-refractivity contribution is 9.10. The highest BCUT2D eigenvalue weighted by Gasteiger charge is 2.13. The number of nitrogens with two attached hydrogens (primary N) is 1. The number of pyridine rings is 1. The number of nitrogen functional groups attached to an aromatic ring is 1. The monoisotopic (exact) mass is 255 g/mol. The summed E-state index contributed by atoms with van der Waals surface area (Å²) in [5.74, 6) is 0.671. The van der Waals surface area contributed by atoms with E-state index in [9.17, 15) is 4.79 Å². The number of nitrogens with zero attached hydrogens (tertiary/aromatic N) is 1. The first kappa shape index (κ1) is 9.01. The van der Waals surface area contributed by atoms with Crippen LogP contribution in [0, 0.1) is 0 Å². The molecule has 0 aliphatic rings. The van der Waals surface area contributed by atoms with Crippen molar-refractivity contribution in [3.8, 4) is 11.5 Å². The largest absolute Gasteiger partial charge is 0.380 e. The lowest BCUT2D eigenvalue weighted by Crippen LogP contribution is -2.03. The van der Waals surface area contributed by atoms with Crippen molar-refractivity contribution in [1.82, 2.24) is 10.1 Å². The van der Waals surface area contributed by atoms with E-state index in [1.54, 1.807) is 12.1 Å². The third-order valence-electron chi connectivity index (χ3n) is 1.67. The van der Waals surface area contributed by atoms with Crippen molar-refractivity contribution >= 4 is 21.7 Å². The topological polar surface area (TPSA) is 84.9 Å². The van der Waals surface area contributed by atoms with Crippen molar-refractivity contribution in [1.29, 1.82) is 0 Å². The van der Waals surface area contributed by atoms with E-state index in [-0.39, 0.29) is 11.4 Å². The fraction of sp³-hybridized carbons (Fsp3) is 0. The van der Waals surface area contributed by atoms with Gasteiger partial charge in [-0.15, -0.1) is 0 Å². The van der Waals surface area contributed by atoms with Crippen molar-refractivity contribution in [3.05, 3.63) is 33.0 Å². The van der Waals surface area contributed by atoms with Gasteiger partial charge in [0.1, 0.15) is 4.47 Å². The van der Waals surface area contributed by atoms with Crippen molar-refractivity contribution in [3.63, 3.8) is 0 Å². The van der Waals surface area contributed by atoms with Crippen molar-refractivity contribution in [2.24, 2.45) is 0 Å². The summed E-state index contributed by atoms with van der Waals surface area (Å²) in [6, 6.07) is 4.74. The lowest BCUT2D eigenvalue weighted by molar-refractivity contribution is 0.434. The molecule has 2 heterocycles. The molecule has 2 aromatic rings. The number of aromatic nitrogens is 2. The van der Waals surface area contributed by atoms with Crippen LogP contribution in [0.25, 0.3) is 11.5 Å². The second-order valence-electron chi connectivity index (χ2n) is 2.64. The smallest absolute Gasteiger partial charge is 0.248 e. The Hall–Kier alpha value is -1.56. The van der Waals surface area contributed by atoms with Gasteiger partial charge in [0.25, 0.3) is 0 Å². The molecule has 14 heavy (non-hydrogen) atoms. The van der Waals surface area contributed by atoms with E-state index in [2.05, 4.69) is 26.1 Å². The van der Waals surface area contributed by atoms with E-state index >= 15 is 0 Å². The molecule has 0 saturated carbocycles. The van der Waals surface area contributed by atoms with Crippen LogP contribution < -0.4 is 11.3 Å². The molecule has 0 atom stereocenters. The molecule has 0 spiro atoms. The van der Waals surface area contributed by atoms with Gasteiger partial charge < -0.3 is 15.2 Å². The molecule has 5 nitrogen and oxygen atoms in total. The van der Waals surface area contributed by atoms with Crippen molar-refractivity contribution in [2.45, 2.75) is 0 Å². The van der Waals surface area contributed by atoms with Crippen LogP contribution in [0.15, 0.2) is 32.0 Å². The van der Waals surface area contributed by atoms with Gasteiger partial charge in [0, 0.05) is 6.07 Å². The van der Waals surface area contributed by atoms with Gasteiger partial charge in [0.05, 0.1) is 5.69 Å². The summed E-state index contributed by atoms with van der Waals surface area (Å²) >= 11 is 3.21. The Morgan fingerprint density at radius 1 is 1.50 bits per heavy atom. The molecule has 2 rings (SSSR count). The molecule has 0 radical (unpaired) electrons. The number of hydrogen-bond donors (Lipinski definition) is 2. The first-order valence-electron chi connectivity index (χ1n) is 3.79. The van der Waals surface area contributed by atoms with Gasteiger partial charge in [-0.05, 0) is 22.0 Å². The SMILES string of the molecule is Nc1noc(-c2cccc(=O)[nH]2)c1Br. The molecule has 6 heteroatoms. The predicted molar refractivity (Wildman–Crippen MR) is 54.7 cm³/mol.